The molecule has 0 bridgehead atoms. The molecule has 1 aromatic heterocycles. The van der Waals surface area contributed by atoms with Crippen LogP contribution in [0.3, 0.4) is 0 Å². The molecule has 5 heteroatoms. The van der Waals surface area contributed by atoms with Gasteiger partial charge in [0.25, 0.3) is 0 Å². The molecule has 2 N–H and O–H groups in total. The van der Waals surface area contributed by atoms with Crippen molar-refractivity contribution < 1.29 is 0 Å². The van der Waals surface area contributed by atoms with Gasteiger partial charge < -0.3 is 20.1 Å². The van der Waals surface area contributed by atoms with Gasteiger partial charge in [-0.25, -0.2) is 4.98 Å². The second kappa shape index (κ2) is 6.17. The van der Waals surface area contributed by atoms with E-state index in [2.05, 4.69) is 75.5 Å². The predicted molar refractivity (Wildman–Crippen MR) is 100 cm³/mol. The minimum absolute atomic E-state index is 0.781. The Bertz CT molecular complexity index is 829. The summed E-state index contributed by atoms with van der Waals surface area (Å²) in [6, 6.07) is 14.8. The second-order valence-corrected chi connectivity index (χ2v) is 6.57. The third-order valence-electron chi connectivity index (χ3n) is 4.64. The minimum Gasteiger partial charge on any atom is -0.369 e. The van der Waals surface area contributed by atoms with E-state index >= 15 is 0 Å². The van der Waals surface area contributed by atoms with Crippen molar-refractivity contribution in [3.8, 4) is 0 Å². The van der Waals surface area contributed by atoms with Crippen LogP contribution in [0.15, 0.2) is 42.5 Å². The fourth-order valence-electron chi connectivity index (χ4n) is 3.14. The number of imidazole rings is 1. The van der Waals surface area contributed by atoms with Gasteiger partial charge in [0, 0.05) is 37.6 Å². The van der Waals surface area contributed by atoms with Gasteiger partial charge in [0.05, 0.1) is 11.0 Å². The SMILES string of the molecule is Cc1ccc2nc(Nc3ccc(N4CCN(C)CC4)cc3)[nH]c2c1. The highest BCUT2D eigenvalue weighted by Gasteiger charge is 2.14. The van der Waals surface area contributed by atoms with Gasteiger partial charge in [0.1, 0.15) is 0 Å². The monoisotopic (exact) mass is 321 g/mol. The smallest absolute Gasteiger partial charge is 0.205 e. The Balaban J connectivity index is 1.48. The molecular formula is C19H23N5. The number of hydrogen-bond donors (Lipinski definition) is 2. The van der Waals surface area contributed by atoms with Crippen LogP contribution < -0.4 is 10.2 Å². The second-order valence-electron chi connectivity index (χ2n) is 6.57. The van der Waals surface area contributed by atoms with Gasteiger partial charge in [-0.1, -0.05) is 6.07 Å². The largest absolute Gasteiger partial charge is 0.369 e. The van der Waals surface area contributed by atoms with Gasteiger partial charge in [-0.05, 0) is 55.9 Å². The lowest BCUT2D eigenvalue weighted by atomic mass is 10.2. The van der Waals surface area contributed by atoms with Crippen LogP contribution in [-0.4, -0.2) is 48.1 Å². The Morgan fingerprint density at radius 1 is 1.00 bits per heavy atom. The molecule has 0 unspecified atom stereocenters. The van der Waals surface area contributed by atoms with Crippen molar-refractivity contribution in [2.24, 2.45) is 0 Å². The van der Waals surface area contributed by atoms with Gasteiger partial charge >= 0.3 is 0 Å². The third kappa shape index (κ3) is 3.08. The van der Waals surface area contributed by atoms with Crippen LogP contribution in [0.25, 0.3) is 11.0 Å². The molecule has 1 saturated heterocycles. The van der Waals surface area contributed by atoms with Crippen molar-refractivity contribution in [3.63, 3.8) is 0 Å². The number of anilines is 3. The summed E-state index contributed by atoms with van der Waals surface area (Å²) in [7, 11) is 2.18. The number of likely N-dealkylation sites (N-methyl/N-ethyl adjacent to an activating group) is 1. The van der Waals surface area contributed by atoms with Crippen LogP contribution >= 0.6 is 0 Å². The van der Waals surface area contributed by atoms with Crippen LogP contribution in [0.4, 0.5) is 17.3 Å². The molecule has 3 aromatic rings. The van der Waals surface area contributed by atoms with Gasteiger partial charge in [-0.3, -0.25) is 0 Å². The van der Waals surface area contributed by atoms with Crippen LogP contribution in [0.5, 0.6) is 0 Å². The minimum atomic E-state index is 0.781. The average molecular weight is 321 g/mol. The summed E-state index contributed by atoms with van der Waals surface area (Å²) in [4.78, 5) is 12.7. The highest BCUT2D eigenvalue weighted by Crippen LogP contribution is 2.22. The standard InChI is InChI=1S/C19H23N5/c1-14-3-8-17-18(13-14)22-19(21-17)20-15-4-6-16(7-5-15)24-11-9-23(2)10-12-24/h3-8,13H,9-12H2,1-2H3,(H2,20,21,22). The molecule has 0 aliphatic carbocycles. The number of nitrogens with one attached hydrogen (secondary N) is 2. The van der Waals surface area contributed by atoms with Crippen molar-refractivity contribution in [2.45, 2.75) is 6.92 Å². The molecule has 124 valence electrons. The zero-order valence-electron chi connectivity index (χ0n) is 14.2. The lowest BCUT2D eigenvalue weighted by molar-refractivity contribution is 0.313. The van der Waals surface area contributed by atoms with Crippen LogP contribution in [-0.2, 0) is 0 Å². The number of fused-ring (bicyclic) bond motifs is 1. The molecule has 4 rings (SSSR count). The molecule has 0 spiro atoms. The molecule has 1 fully saturated rings. The van der Waals surface area contributed by atoms with Gasteiger partial charge in [-0.2, -0.15) is 0 Å². The first-order chi connectivity index (χ1) is 11.7. The lowest BCUT2D eigenvalue weighted by Crippen LogP contribution is -2.44. The number of benzene rings is 2. The van der Waals surface area contributed by atoms with Crippen LogP contribution in [0, 0.1) is 6.92 Å². The van der Waals surface area contributed by atoms with Crippen molar-refractivity contribution in [1.82, 2.24) is 14.9 Å². The first-order valence-electron chi connectivity index (χ1n) is 8.44. The molecule has 1 aliphatic rings. The van der Waals surface area contributed by atoms with Crippen LogP contribution in [0.2, 0.25) is 0 Å². The number of aromatic nitrogens is 2. The van der Waals surface area contributed by atoms with E-state index in [-0.39, 0.29) is 0 Å². The molecule has 24 heavy (non-hydrogen) atoms. The number of piperazine rings is 1. The number of H-pyrrole nitrogens is 1. The molecule has 0 saturated carbocycles. The maximum Gasteiger partial charge on any atom is 0.205 e. The van der Waals surface area contributed by atoms with Crippen molar-refractivity contribution >= 4 is 28.4 Å². The Hall–Kier alpha value is -2.53. The van der Waals surface area contributed by atoms with Crippen molar-refractivity contribution in [1.29, 1.82) is 0 Å². The summed E-state index contributed by atoms with van der Waals surface area (Å²) in [6.07, 6.45) is 0. The number of rotatable bonds is 3. The van der Waals surface area contributed by atoms with E-state index in [0.717, 1.165) is 48.8 Å². The fourth-order valence-corrected chi connectivity index (χ4v) is 3.14. The zero-order chi connectivity index (χ0) is 16.5. The Labute approximate surface area is 142 Å². The third-order valence-corrected chi connectivity index (χ3v) is 4.64. The highest BCUT2D eigenvalue weighted by atomic mass is 15.2. The van der Waals surface area contributed by atoms with E-state index in [1.54, 1.807) is 0 Å². The highest BCUT2D eigenvalue weighted by molar-refractivity contribution is 5.79. The average Bonchev–Trinajstić information content (AvgIpc) is 2.98. The van der Waals surface area contributed by atoms with E-state index in [1.165, 1.54) is 11.3 Å². The lowest BCUT2D eigenvalue weighted by Gasteiger charge is -2.34. The first kappa shape index (κ1) is 15.0. The number of nitrogens with zero attached hydrogens (tertiary/aromatic N) is 3. The molecular weight excluding hydrogens is 298 g/mol. The van der Waals surface area contributed by atoms with Gasteiger partial charge in [0.2, 0.25) is 5.95 Å². The summed E-state index contributed by atoms with van der Waals surface area (Å²) in [5.74, 6) is 0.781. The quantitative estimate of drug-likeness (QED) is 0.776. The molecule has 5 nitrogen and oxygen atoms in total. The van der Waals surface area contributed by atoms with Gasteiger partial charge in [-0.15, -0.1) is 0 Å². The maximum absolute atomic E-state index is 4.59. The predicted octanol–water partition coefficient (Wildman–Crippen LogP) is 3.37. The van der Waals surface area contributed by atoms with E-state index in [9.17, 15) is 0 Å². The normalized spacial score (nSPS) is 15.8. The molecule has 2 heterocycles. The number of hydrogen-bond acceptors (Lipinski definition) is 4. The molecule has 0 radical (unpaired) electrons. The summed E-state index contributed by atoms with van der Waals surface area (Å²) in [6.45, 7) is 6.51. The van der Waals surface area contributed by atoms with E-state index in [0.29, 0.717) is 0 Å². The Morgan fingerprint density at radius 3 is 2.50 bits per heavy atom. The first-order valence-corrected chi connectivity index (χ1v) is 8.44. The zero-order valence-corrected chi connectivity index (χ0v) is 14.2. The van der Waals surface area contributed by atoms with E-state index < -0.39 is 0 Å². The van der Waals surface area contributed by atoms with Crippen molar-refractivity contribution in [2.75, 3.05) is 43.4 Å². The fraction of sp³-hybridized carbons (Fsp3) is 0.316. The molecule has 2 aromatic carbocycles. The molecule has 0 atom stereocenters. The van der Waals surface area contributed by atoms with Gasteiger partial charge in [0.15, 0.2) is 0 Å². The summed E-state index contributed by atoms with van der Waals surface area (Å²) >= 11 is 0. The Morgan fingerprint density at radius 2 is 1.75 bits per heavy atom. The summed E-state index contributed by atoms with van der Waals surface area (Å²) in [5, 5.41) is 3.36. The van der Waals surface area contributed by atoms with E-state index in [4.69, 9.17) is 0 Å². The van der Waals surface area contributed by atoms with E-state index in [1.807, 2.05) is 6.07 Å². The maximum atomic E-state index is 4.59. The van der Waals surface area contributed by atoms with Crippen LogP contribution in [0.1, 0.15) is 5.56 Å². The molecule has 1 aliphatic heterocycles. The Kier molecular flexibility index (Phi) is 3.86. The molecule has 0 amide bonds. The topological polar surface area (TPSA) is 47.2 Å². The summed E-state index contributed by atoms with van der Waals surface area (Å²) < 4.78 is 0. The number of aryl methyl sites for hydroxylation is 1. The number of aromatic amines is 1. The van der Waals surface area contributed by atoms with Crippen molar-refractivity contribution in [3.05, 3.63) is 48.0 Å². The summed E-state index contributed by atoms with van der Waals surface area (Å²) in [5.41, 5.74) is 5.61.